The number of benzene rings is 3. The van der Waals surface area contributed by atoms with Gasteiger partial charge in [-0.3, -0.25) is 14.6 Å². The number of ether oxygens (including phenoxy) is 2. The van der Waals surface area contributed by atoms with Crippen molar-refractivity contribution in [3.63, 3.8) is 0 Å². The van der Waals surface area contributed by atoms with Crippen LogP contribution in [0.4, 0.5) is 5.69 Å². The molecule has 1 heterocycles. The Morgan fingerprint density at radius 3 is 1.85 bits per heavy atom. The van der Waals surface area contributed by atoms with Crippen LogP contribution in [-0.4, -0.2) is 55.1 Å². The largest absolute Gasteiger partial charge is 0.490 e. The molecule has 0 aliphatic carbocycles. The van der Waals surface area contributed by atoms with E-state index < -0.39 is 0 Å². The van der Waals surface area contributed by atoms with Gasteiger partial charge in [-0.05, 0) is 42.3 Å². The number of anilines is 1. The molecule has 1 fully saturated rings. The van der Waals surface area contributed by atoms with Crippen molar-refractivity contribution >= 4 is 11.6 Å². The number of hydrogen-bond donors (Lipinski definition) is 1. The Hall–Kier alpha value is -3.35. The van der Waals surface area contributed by atoms with Gasteiger partial charge in [0.2, 0.25) is 0 Å². The quantitative estimate of drug-likeness (QED) is 0.486. The highest BCUT2D eigenvalue weighted by Crippen LogP contribution is 2.26. The van der Waals surface area contributed by atoms with E-state index in [-0.39, 0.29) is 12.5 Å². The SMILES string of the molecule is CCOc1ccccc1OCC(=O)Nc1ccc(CN2CCN(Cc3ccccc3)CC2)cc1. The second kappa shape index (κ2) is 12.2. The highest BCUT2D eigenvalue weighted by Gasteiger charge is 2.17. The van der Waals surface area contributed by atoms with Gasteiger partial charge in [-0.15, -0.1) is 0 Å². The van der Waals surface area contributed by atoms with Crippen LogP contribution in [0, 0.1) is 0 Å². The summed E-state index contributed by atoms with van der Waals surface area (Å²) in [5.41, 5.74) is 3.39. The third-order valence-corrected chi connectivity index (χ3v) is 5.87. The molecule has 0 atom stereocenters. The fraction of sp³-hybridized carbons (Fsp3) is 0.321. The molecule has 0 bridgehead atoms. The van der Waals surface area contributed by atoms with E-state index in [1.54, 1.807) is 6.07 Å². The Balaban J connectivity index is 1.19. The highest BCUT2D eigenvalue weighted by molar-refractivity contribution is 5.91. The molecule has 1 amide bonds. The summed E-state index contributed by atoms with van der Waals surface area (Å²) >= 11 is 0. The first-order valence-electron chi connectivity index (χ1n) is 11.9. The Morgan fingerprint density at radius 2 is 1.26 bits per heavy atom. The third-order valence-electron chi connectivity index (χ3n) is 5.87. The lowest BCUT2D eigenvalue weighted by molar-refractivity contribution is -0.118. The van der Waals surface area contributed by atoms with Crippen molar-refractivity contribution < 1.29 is 14.3 Å². The minimum atomic E-state index is -0.200. The van der Waals surface area contributed by atoms with Crippen molar-refractivity contribution in [1.29, 1.82) is 0 Å². The average Bonchev–Trinajstić information content (AvgIpc) is 2.87. The molecule has 3 aromatic carbocycles. The van der Waals surface area contributed by atoms with Gasteiger partial charge in [-0.2, -0.15) is 0 Å². The van der Waals surface area contributed by atoms with Crippen molar-refractivity contribution in [3.8, 4) is 11.5 Å². The van der Waals surface area contributed by atoms with Crippen molar-refractivity contribution in [3.05, 3.63) is 90.0 Å². The number of para-hydroxylation sites is 2. The van der Waals surface area contributed by atoms with Crippen molar-refractivity contribution in [1.82, 2.24) is 9.80 Å². The number of piperazine rings is 1. The molecule has 0 spiro atoms. The monoisotopic (exact) mass is 459 g/mol. The maximum Gasteiger partial charge on any atom is 0.262 e. The zero-order chi connectivity index (χ0) is 23.6. The normalized spacial score (nSPS) is 14.5. The van der Waals surface area contributed by atoms with Gasteiger partial charge in [-0.25, -0.2) is 0 Å². The van der Waals surface area contributed by atoms with Crippen LogP contribution < -0.4 is 14.8 Å². The molecule has 0 aromatic heterocycles. The summed E-state index contributed by atoms with van der Waals surface area (Å²) < 4.78 is 11.2. The van der Waals surface area contributed by atoms with Crippen LogP contribution in [0.3, 0.4) is 0 Å². The van der Waals surface area contributed by atoms with E-state index in [2.05, 4.69) is 57.6 Å². The van der Waals surface area contributed by atoms with E-state index in [0.717, 1.165) is 45.0 Å². The first-order chi connectivity index (χ1) is 16.7. The number of nitrogens with zero attached hydrogens (tertiary/aromatic N) is 2. The van der Waals surface area contributed by atoms with E-state index >= 15 is 0 Å². The molecule has 0 saturated carbocycles. The maximum atomic E-state index is 12.3. The molecule has 4 rings (SSSR count). The second-order valence-corrected chi connectivity index (χ2v) is 8.45. The fourth-order valence-electron chi connectivity index (χ4n) is 4.08. The van der Waals surface area contributed by atoms with Gasteiger partial charge < -0.3 is 14.8 Å². The molecule has 6 heteroatoms. The summed E-state index contributed by atoms with van der Waals surface area (Å²) in [6.45, 7) is 8.61. The number of hydrogen-bond acceptors (Lipinski definition) is 5. The predicted octanol–water partition coefficient (Wildman–Crippen LogP) is 4.42. The van der Waals surface area contributed by atoms with E-state index in [0.29, 0.717) is 18.1 Å². The molecule has 1 N–H and O–H groups in total. The number of amides is 1. The number of rotatable bonds is 10. The summed E-state index contributed by atoms with van der Waals surface area (Å²) in [4.78, 5) is 17.3. The van der Waals surface area contributed by atoms with Crippen molar-refractivity contribution in [2.24, 2.45) is 0 Å². The molecule has 6 nitrogen and oxygen atoms in total. The molecule has 0 unspecified atom stereocenters. The Morgan fingerprint density at radius 1 is 0.735 bits per heavy atom. The predicted molar refractivity (Wildman–Crippen MR) is 135 cm³/mol. The standard InChI is InChI=1S/C28H33N3O3/c1-2-33-26-10-6-7-11-27(26)34-22-28(32)29-25-14-12-24(13-15-25)21-31-18-16-30(17-19-31)20-23-8-4-3-5-9-23/h3-15H,2,16-22H2,1H3,(H,29,32). The van der Waals surface area contributed by atoms with Gasteiger partial charge in [0.1, 0.15) is 0 Å². The number of nitrogens with one attached hydrogen (secondary N) is 1. The first kappa shape index (κ1) is 23.8. The summed E-state index contributed by atoms with van der Waals surface area (Å²) in [5.74, 6) is 1.01. The first-order valence-corrected chi connectivity index (χ1v) is 11.9. The van der Waals surface area contributed by atoms with Gasteiger partial charge >= 0.3 is 0 Å². The Labute approximate surface area is 202 Å². The third kappa shape index (κ3) is 7.07. The van der Waals surface area contributed by atoms with Crippen molar-refractivity contribution in [2.45, 2.75) is 20.0 Å². The molecule has 0 radical (unpaired) electrons. The molecular weight excluding hydrogens is 426 g/mol. The minimum absolute atomic E-state index is 0.0703. The molecule has 1 aliphatic heterocycles. The lowest BCUT2D eigenvalue weighted by Crippen LogP contribution is -2.45. The van der Waals surface area contributed by atoms with Crippen molar-refractivity contribution in [2.75, 3.05) is 44.7 Å². The van der Waals surface area contributed by atoms with Crippen LogP contribution in [0.15, 0.2) is 78.9 Å². The lowest BCUT2D eigenvalue weighted by atomic mass is 10.1. The van der Waals surface area contributed by atoms with Gasteiger partial charge in [0.05, 0.1) is 6.61 Å². The zero-order valence-electron chi connectivity index (χ0n) is 19.8. The second-order valence-electron chi connectivity index (χ2n) is 8.45. The van der Waals surface area contributed by atoms with Crippen LogP contribution in [0.5, 0.6) is 11.5 Å². The Kier molecular flexibility index (Phi) is 8.54. The molecule has 1 saturated heterocycles. The highest BCUT2D eigenvalue weighted by atomic mass is 16.5. The molecular formula is C28H33N3O3. The number of carbonyl (C=O) groups excluding carboxylic acids is 1. The van der Waals surface area contributed by atoms with Gasteiger partial charge in [0.15, 0.2) is 18.1 Å². The minimum Gasteiger partial charge on any atom is -0.490 e. The van der Waals surface area contributed by atoms with E-state index in [1.807, 2.05) is 37.3 Å². The van der Waals surface area contributed by atoms with Crippen LogP contribution in [0.25, 0.3) is 0 Å². The fourth-order valence-corrected chi connectivity index (χ4v) is 4.08. The maximum absolute atomic E-state index is 12.3. The smallest absolute Gasteiger partial charge is 0.262 e. The number of carbonyl (C=O) groups is 1. The Bertz CT molecular complexity index is 1030. The summed E-state index contributed by atoms with van der Waals surface area (Å²) in [5, 5.41) is 2.90. The average molecular weight is 460 g/mol. The van der Waals surface area contributed by atoms with Crippen LogP contribution in [0.2, 0.25) is 0 Å². The van der Waals surface area contributed by atoms with Crippen LogP contribution in [0.1, 0.15) is 18.1 Å². The lowest BCUT2D eigenvalue weighted by Gasteiger charge is -2.34. The molecule has 3 aromatic rings. The van der Waals surface area contributed by atoms with E-state index in [1.165, 1.54) is 11.1 Å². The summed E-state index contributed by atoms with van der Waals surface area (Å²) in [6, 6.07) is 26.1. The molecule has 178 valence electrons. The molecule has 1 aliphatic rings. The van der Waals surface area contributed by atoms with E-state index in [4.69, 9.17) is 9.47 Å². The van der Waals surface area contributed by atoms with E-state index in [9.17, 15) is 4.79 Å². The topological polar surface area (TPSA) is 54.0 Å². The summed E-state index contributed by atoms with van der Waals surface area (Å²) in [6.07, 6.45) is 0. The molecule has 34 heavy (non-hydrogen) atoms. The summed E-state index contributed by atoms with van der Waals surface area (Å²) in [7, 11) is 0. The van der Waals surface area contributed by atoms with Gasteiger partial charge in [0, 0.05) is 45.0 Å². The van der Waals surface area contributed by atoms with Gasteiger partial charge in [-0.1, -0.05) is 54.6 Å². The zero-order valence-corrected chi connectivity index (χ0v) is 19.8. The van der Waals surface area contributed by atoms with Crippen LogP contribution >= 0.6 is 0 Å². The van der Waals surface area contributed by atoms with Crippen LogP contribution in [-0.2, 0) is 17.9 Å². The van der Waals surface area contributed by atoms with Gasteiger partial charge in [0.25, 0.3) is 5.91 Å².